The normalized spacial score (nSPS) is 14.4. The molecule has 19 nitrogen and oxygen atoms in total. The molecule has 0 aromatic rings. The molecule has 6 atom stereocenters. The zero-order valence-electron chi connectivity index (χ0n) is 31.7. The molecule has 0 unspecified atom stereocenters. The number of thiol groups is 1. The van der Waals surface area contributed by atoms with Gasteiger partial charge >= 0.3 is 0 Å². The molecule has 0 spiro atoms. The van der Waals surface area contributed by atoms with Gasteiger partial charge in [0.25, 0.3) is 5.91 Å². The molecule has 0 fully saturated rings. The van der Waals surface area contributed by atoms with Crippen molar-refractivity contribution in [1.82, 2.24) is 26.6 Å². The van der Waals surface area contributed by atoms with E-state index in [9.17, 15) is 33.6 Å². The van der Waals surface area contributed by atoms with E-state index in [1.165, 1.54) is 0 Å². The Morgan fingerprint density at radius 1 is 0.407 bits per heavy atom. The molecule has 0 aliphatic carbocycles. The van der Waals surface area contributed by atoms with Crippen LogP contribution < -0.4 is 66.7 Å². The van der Waals surface area contributed by atoms with Gasteiger partial charge in [0.15, 0.2) is 0 Å². The van der Waals surface area contributed by atoms with Crippen LogP contribution in [0.4, 0.5) is 0 Å². The van der Waals surface area contributed by atoms with Crippen LogP contribution in [0.25, 0.3) is 0 Å². The number of rotatable bonds is 33. The number of hydrogen-bond donors (Lipinski definition) is 13. The highest BCUT2D eigenvalue weighted by atomic mass is 32.1. The van der Waals surface area contributed by atoms with Crippen LogP contribution in [0.3, 0.4) is 0 Å². The molecule has 0 aromatic heterocycles. The molecule has 0 radical (unpaired) electrons. The van der Waals surface area contributed by atoms with E-state index in [0.29, 0.717) is 96.9 Å². The summed E-state index contributed by atoms with van der Waals surface area (Å²) >= 11 is 4.05. The van der Waals surface area contributed by atoms with Crippen molar-refractivity contribution in [2.24, 2.45) is 40.1 Å². The van der Waals surface area contributed by atoms with Crippen molar-refractivity contribution >= 4 is 53.9 Å². The van der Waals surface area contributed by atoms with Crippen molar-refractivity contribution in [3.63, 3.8) is 0 Å². The molecule has 6 amide bonds. The minimum absolute atomic E-state index is 0.0527. The average Bonchev–Trinajstić information content (AvgIpc) is 3.15. The summed E-state index contributed by atoms with van der Waals surface area (Å²) in [6.45, 7) is 1.73. The number of carbonyl (C=O) groups is 7. The summed E-state index contributed by atoms with van der Waals surface area (Å²) in [7, 11) is 0. The lowest BCUT2D eigenvalue weighted by molar-refractivity contribution is -0.139. The van der Waals surface area contributed by atoms with Gasteiger partial charge in [-0.05, 0) is 129 Å². The predicted molar refractivity (Wildman–Crippen MR) is 210 cm³/mol. The standard InChI is InChI=1S/C34H68N12O7S/c35-16-6-1-11-23(28(47)29(41)48)42-31(50)25(13-3-8-18-37)44-33(52)27(15-5-10-20-39)46-34(53)26(14-4-9-19-38)45-32(51)24(12-2-7-17-36)43-30(49)22(40)21-54/h22-27,54H,1-21,35-40H2,(H2,41,48)(H,42,50)(H,43,49)(H,44,52)(H,45,51)(H,46,53)/t22-,23-,24-,25-,26-,27-/m0/s1. The van der Waals surface area contributed by atoms with Crippen LogP contribution in [0.5, 0.6) is 0 Å². The summed E-state index contributed by atoms with van der Waals surface area (Å²) < 4.78 is 0. The van der Waals surface area contributed by atoms with E-state index in [4.69, 9.17) is 40.1 Å². The zero-order valence-corrected chi connectivity index (χ0v) is 32.6. The SMILES string of the molecule is NCCCC[C@H](NC(=O)[C@H](CCCCN)NC(=O)[C@H](CCCCN)NC(=O)[C@@H](N)CS)C(=O)N[C@@H](CCCCN)C(=O)N[C@@H](CCCCN)C(=O)C(N)=O. The summed E-state index contributed by atoms with van der Waals surface area (Å²) in [6, 6.07) is -6.61. The van der Waals surface area contributed by atoms with E-state index >= 15 is 0 Å². The molecule has 0 aliphatic heterocycles. The summed E-state index contributed by atoms with van der Waals surface area (Å²) in [6.07, 6.45) is 5.89. The summed E-state index contributed by atoms with van der Waals surface area (Å²) in [5.74, 6) is -5.40. The van der Waals surface area contributed by atoms with Crippen molar-refractivity contribution in [3.05, 3.63) is 0 Å². The molecule has 54 heavy (non-hydrogen) atoms. The Bertz CT molecular complexity index is 1150. The van der Waals surface area contributed by atoms with Gasteiger partial charge in [-0.2, -0.15) is 12.6 Å². The van der Waals surface area contributed by atoms with Gasteiger partial charge in [0.1, 0.15) is 24.2 Å². The quantitative estimate of drug-likeness (QED) is 0.0174. The molecule has 312 valence electrons. The Kier molecular flexibility index (Phi) is 28.9. The van der Waals surface area contributed by atoms with Crippen LogP contribution >= 0.6 is 12.6 Å². The van der Waals surface area contributed by atoms with E-state index in [0.717, 1.165) is 0 Å². The van der Waals surface area contributed by atoms with E-state index in [2.05, 4.69) is 39.2 Å². The van der Waals surface area contributed by atoms with Crippen LogP contribution in [0.1, 0.15) is 96.3 Å². The number of amides is 6. The highest BCUT2D eigenvalue weighted by molar-refractivity contribution is 7.80. The first-order valence-corrected chi connectivity index (χ1v) is 19.7. The Balaban J connectivity index is 6.32. The lowest BCUT2D eigenvalue weighted by Crippen LogP contribution is -2.59. The van der Waals surface area contributed by atoms with Crippen LogP contribution in [-0.2, 0) is 33.6 Å². The molecule has 19 N–H and O–H groups in total. The number of unbranched alkanes of at least 4 members (excludes halogenated alkanes) is 5. The van der Waals surface area contributed by atoms with Crippen molar-refractivity contribution in [2.75, 3.05) is 38.5 Å². The lowest BCUT2D eigenvalue weighted by atomic mass is 10.0. The van der Waals surface area contributed by atoms with E-state index < -0.39 is 77.5 Å². The second kappa shape index (κ2) is 30.9. The van der Waals surface area contributed by atoms with Crippen molar-refractivity contribution in [1.29, 1.82) is 0 Å². The third-order valence-corrected chi connectivity index (χ3v) is 9.07. The second-order valence-corrected chi connectivity index (χ2v) is 13.6. The number of nitrogens with two attached hydrogens (primary N) is 7. The van der Waals surface area contributed by atoms with Gasteiger partial charge in [0.2, 0.25) is 35.3 Å². The third kappa shape index (κ3) is 21.5. The van der Waals surface area contributed by atoms with Crippen LogP contribution in [0.15, 0.2) is 0 Å². The molecular formula is C34H68N12O7S. The lowest BCUT2D eigenvalue weighted by Gasteiger charge is -2.27. The topological polar surface area (TPSA) is 362 Å². The molecule has 0 heterocycles. The van der Waals surface area contributed by atoms with E-state index in [-0.39, 0.29) is 37.9 Å². The Morgan fingerprint density at radius 2 is 0.648 bits per heavy atom. The largest absolute Gasteiger partial charge is 0.363 e. The van der Waals surface area contributed by atoms with Gasteiger partial charge in [-0.25, -0.2) is 0 Å². The minimum Gasteiger partial charge on any atom is -0.363 e. The molecule has 0 bridgehead atoms. The van der Waals surface area contributed by atoms with E-state index in [1.807, 2.05) is 0 Å². The number of Topliss-reactive ketones (excluding diaryl/α,β-unsaturated/α-hetero) is 1. The summed E-state index contributed by atoms with van der Waals surface area (Å²) in [5, 5.41) is 13.4. The van der Waals surface area contributed by atoms with Crippen molar-refractivity contribution < 1.29 is 33.6 Å². The van der Waals surface area contributed by atoms with Crippen LogP contribution in [-0.4, -0.2) is 116 Å². The molecule has 0 saturated heterocycles. The van der Waals surface area contributed by atoms with Crippen LogP contribution in [0.2, 0.25) is 0 Å². The second-order valence-electron chi connectivity index (χ2n) is 13.2. The maximum atomic E-state index is 13.8. The molecule has 20 heteroatoms. The van der Waals surface area contributed by atoms with Gasteiger partial charge < -0.3 is 66.7 Å². The van der Waals surface area contributed by atoms with Gasteiger partial charge in [-0.1, -0.05) is 0 Å². The van der Waals surface area contributed by atoms with Crippen LogP contribution in [0, 0.1) is 0 Å². The monoisotopic (exact) mass is 789 g/mol. The minimum atomic E-state index is -1.22. The van der Waals surface area contributed by atoms with E-state index in [1.54, 1.807) is 0 Å². The third-order valence-electron chi connectivity index (χ3n) is 8.68. The van der Waals surface area contributed by atoms with Gasteiger partial charge in [0.05, 0.1) is 12.1 Å². The fourth-order valence-corrected chi connectivity index (χ4v) is 5.60. The van der Waals surface area contributed by atoms with Gasteiger partial charge in [0, 0.05) is 5.75 Å². The Morgan fingerprint density at radius 3 is 0.889 bits per heavy atom. The summed E-state index contributed by atoms with van der Waals surface area (Å²) in [4.78, 5) is 91.6. The average molecular weight is 789 g/mol. The Hall–Kier alpha value is -3.40. The first kappa shape index (κ1) is 50.6. The zero-order chi connectivity index (χ0) is 40.9. The maximum Gasteiger partial charge on any atom is 0.287 e. The summed E-state index contributed by atoms with van der Waals surface area (Å²) in [5.41, 5.74) is 39.3. The van der Waals surface area contributed by atoms with Crippen molar-refractivity contribution in [2.45, 2.75) is 133 Å². The smallest absolute Gasteiger partial charge is 0.287 e. The maximum absolute atomic E-state index is 13.8. The molecule has 0 saturated carbocycles. The number of primary amides is 1. The predicted octanol–water partition coefficient (Wildman–Crippen LogP) is -3.63. The molecular weight excluding hydrogens is 721 g/mol. The fraction of sp³-hybridized carbons (Fsp3) is 0.794. The molecule has 0 aliphatic rings. The molecule has 0 aromatic carbocycles. The number of carbonyl (C=O) groups excluding carboxylic acids is 7. The highest BCUT2D eigenvalue weighted by Crippen LogP contribution is 2.10. The number of ketones is 1. The van der Waals surface area contributed by atoms with Gasteiger partial charge in [-0.3, -0.25) is 33.6 Å². The fourth-order valence-electron chi connectivity index (χ4n) is 5.43. The highest BCUT2D eigenvalue weighted by Gasteiger charge is 2.33. The van der Waals surface area contributed by atoms with Crippen molar-refractivity contribution in [3.8, 4) is 0 Å². The van der Waals surface area contributed by atoms with Gasteiger partial charge in [-0.15, -0.1) is 0 Å². The first-order valence-electron chi connectivity index (χ1n) is 19.0. The molecule has 0 rings (SSSR count). The number of hydrogen-bond acceptors (Lipinski definition) is 14. The number of nitrogens with one attached hydrogen (secondary N) is 5. The Labute approximate surface area is 324 Å². The first-order chi connectivity index (χ1) is 25.8.